The second-order valence-electron chi connectivity index (χ2n) is 5.65. The molecule has 1 N–H and O–H groups in total. The Kier molecular flexibility index (Phi) is 6.07. The van der Waals surface area contributed by atoms with E-state index >= 15 is 0 Å². The zero-order chi connectivity index (χ0) is 17.5. The van der Waals surface area contributed by atoms with Crippen LogP contribution in [0.4, 0.5) is 4.39 Å². The highest BCUT2D eigenvalue weighted by atomic mass is 19.1. The standard InChI is InChI=1S/C19H20FNO3/c1-21(13-12-14-6-9-16(20)10-7-14)18(22)11-8-15-4-2-3-5-17(15)19(23)24/h2-7,9-10H,8,11-13H2,1H3,(H,23,24). The number of aromatic carboxylic acids is 1. The normalized spacial score (nSPS) is 10.4. The molecule has 0 aliphatic heterocycles. The van der Waals surface area contributed by atoms with Crippen molar-refractivity contribution >= 4 is 11.9 Å². The van der Waals surface area contributed by atoms with Crippen LogP contribution in [0.2, 0.25) is 0 Å². The van der Waals surface area contributed by atoms with Crippen LogP contribution in [-0.4, -0.2) is 35.5 Å². The molecule has 5 heteroatoms. The van der Waals surface area contributed by atoms with Crippen LogP contribution in [0.15, 0.2) is 48.5 Å². The molecule has 126 valence electrons. The molecule has 0 bridgehead atoms. The van der Waals surface area contributed by atoms with Gasteiger partial charge in [0.05, 0.1) is 5.56 Å². The van der Waals surface area contributed by atoms with E-state index < -0.39 is 5.97 Å². The zero-order valence-corrected chi connectivity index (χ0v) is 13.5. The van der Waals surface area contributed by atoms with Crippen molar-refractivity contribution in [2.75, 3.05) is 13.6 Å². The Labute approximate surface area is 140 Å². The number of likely N-dealkylation sites (N-methyl/N-ethyl adjacent to an activating group) is 1. The Hall–Kier alpha value is -2.69. The Morgan fingerprint density at radius 3 is 2.38 bits per heavy atom. The minimum Gasteiger partial charge on any atom is -0.478 e. The molecule has 0 aliphatic carbocycles. The molecule has 1 amide bonds. The van der Waals surface area contributed by atoms with Crippen molar-refractivity contribution < 1.29 is 19.1 Å². The van der Waals surface area contributed by atoms with E-state index in [0.29, 0.717) is 24.9 Å². The summed E-state index contributed by atoms with van der Waals surface area (Å²) in [4.78, 5) is 25.0. The van der Waals surface area contributed by atoms with Crippen molar-refractivity contribution in [1.82, 2.24) is 4.90 Å². The Bertz CT molecular complexity index is 713. The van der Waals surface area contributed by atoms with Gasteiger partial charge in [-0.15, -0.1) is 0 Å². The van der Waals surface area contributed by atoms with E-state index in [0.717, 1.165) is 5.56 Å². The molecule has 24 heavy (non-hydrogen) atoms. The minimum atomic E-state index is -0.984. The smallest absolute Gasteiger partial charge is 0.335 e. The Morgan fingerprint density at radius 2 is 1.71 bits per heavy atom. The van der Waals surface area contributed by atoms with E-state index in [1.807, 2.05) is 0 Å². The number of hydrogen-bond donors (Lipinski definition) is 1. The number of carbonyl (C=O) groups is 2. The van der Waals surface area contributed by atoms with Crippen molar-refractivity contribution in [1.29, 1.82) is 0 Å². The Morgan fingerprint density at radius 1 is 1.04 bits per heavy atom. The van der Waals surface area contributed by atoms with Gasteiger partial charge in [-0.2, -0.15) is 0 Å². The van der Waals surface area contributed by atoms with E-state index in [-0.39, 0.29) is 23.7 Å². The maximum atomic E-state index is 12.9. The first kappa shape index (κ1) is 17.7. The third kappa shape index (κ3) is 4.91. The van der Waals surface area contributed by atoms with Crippen LogP contribution in [0.1, 0.15) is 27.9 Å². The van der Waals surface area contributed by atoms with E-state index in [2.05, 4.69) is 0 Å². The molecule has 0 aromatic heterocycles. The number of nitrogens with zero attached hydrogens (tertiary/aromatic N) is 1. The van der Waals surface area contributed by atoms with Crippen molar-refractivity contribution in [3.8, 4) is 0 Å². The van der Waals surface area contributed by atoms with Crippen LogP contribution in [0.3, 0.4) is 0 Å². The highest BCUT2D eigenvalue weighted by molar-refractivity contribution is 5.89. The zero-order valence-electron chi connectivity index (χ0n) is 13.5. The predicted molar refractivity (Wildman–Crippen MR) is 89.5 cm³/mol. The quantitative estimate of drug-likeness (QED) is 0.849. The number of rotatable bonds is 7. The van der Waals surface area contributed by atoms with Crippen LogP contribution in [0, 0.1) is 5.82 Å². The van der Waals surface area contributed by atoms with E-state index in [4.69, 9.17) is 5.11 Å². The third-order valence-electron chi connectivity index (χ3n) is 3.93. The second-order valence-corrected chi connectivity index (χ2v) is 5.65. The number of halogens is 1. The monoisotopic (exact) mass is 329 g/mol. The lowest BCUT2D eigenvalue weighted by molar-refractivity contribution is -0.129. The van der Waals surface area contributed by atoms with E-state index in [9.17, 15) is 14.0 Å². The molecular weight excluding hydrogens is 309 g/mol. The number of benzene rings is 2. The molecule has 2 aromatic rings. The molecule has 0 heterocycles. The lowest BCUT2D eigenvalue weighted by atomic mass is 10.0. The molecule has 4 nitrogen and oxygen atoms in total. The van der Waals surface area contributed by atoms with Gasteiger partial charge in [-0.25, -0.2) is 9.18 Å². The molecule has 0 radical (unpaired) electrons. The summed E-state index contributed by atoms with van der Waals surface area (Å²) >= 11 is 0. The third-order valence-corrected chi connectivity index (χ3v) is 3.93. The van der Waals surface area contributed by atoms with Gasteiger partial charge in [0.15, 0.2) is 0 Å². The second kappa shape index (κ2) is 8.24. The lowest BCUT2D eigenvalue weighted by Gasteiger charge is -2.17. The number of amides is 1. The number of carbonyl (C=O) groups excluding carboxylic acids is 1. The summed E-state index contributed by atoms with van der Waals surface area (Å²) in [5.74, 6) is -1.31. The molecule has 0 saturated heterocycles. The number of aryl methyl sites for hydroxylation is 1. The topological polar surface area (TPSA) is 57.6 Å². The maximum absolute atomic E-state index is 12.9. The first-order chi connectivity index (χ1) is 11.5. The van der Waals surface area contributed by atoms with Gasteiger partial charge >= 0.3 is 5.97 Å². The van der Waals surface area contributed by atoms with Crippen molar-refractivity contribution in [2.24, 2.45) is 0 Å². The van der Waals surface area contributed by atoms with Crippen molar-refractivity contribution in [3.05, 3.63) is 71.0 Å². The summed E-state index contributed by atoms with van der Waals surface area (Å²) in [5, 5.41) is 9.15. The molecule has 0 spiro atoms. The van der Waals surface area contributed by atoms with Gasteiger partial charge in [-0.3, -0.25) is 4.79 Å². The van der Waals surface area contributed by atoms with Crippen molar-refractivity contribution in [2.45, 2.75) is 19.3 Å². The van der Waals surface area contributed by atoms with Crippen LogP contribution in [0.5, 0.6) is 0 Å². The molecule has 2 aromatic carbocycles. The first-order valence-corrected chi connectivity index (χ1v) is 7.77. The van der Waals surface area contributed by atoms with Crippen molar-refractivity contribution in [3.63, 3.8) is 0 Å². The highest BCUT2D eigenvalue weighted by Crippen LogP contribution is 2.12. The average molecular weight is 329 g/mol. The largest absolute Gasteiger partial charge is 0.478 e. The van der Waals surface area contributed by atoms with Crippen LogP contribution in [0.25, 0.3) is 0 Å². The molecule has 0 unspecified atom stereocenters. The fraction of sp³-hybridized carbons (Fsp3) is 0.263. The summed E-state index contributed by atoms with van der Waals surface area (Å²) < 4.78 is 12.9. The number of carboxylic acid groups (broad SMARTS) is 1. The fourth-order valence-electron chi connectivity index (χ4n) is 2.45. The molecule has 0 saturated carbocycles. The summed E-state index contributed by atoms with van der Waals surface area (Å²) in [6.45, 7) is 0.533. The van der Waals surface area contributed by atoms with Gasteiger partial charge < -0.3 is 10.0 Å². The molecule has 2 rings (SSSR count). The van der Waals surface area contributed by atoms with E-state index in [1.165, 1.54) is 12.1 Å². The lowest BCUT2D eigenvalue weighted by Crippen LogP contribution is -2.29. The highest BCUT2D eigenvalue weighted by Gasteiger charge is 2.13. The van der Waals surface area contributed by atoms with Gasteiger partial charge in [0, 0.05) is 20.0 Å². The fourth-order valence-corrected chi connectivity index (χ4v) is 2.45. The summed E-state index contributed by atoms with van der Waals surface area (Å²) in [6.07, 6.45) is 1.29. The number of carboxylic acids is 1. The van der Waals surface area contributed by atoms with Gasteiger partial charge in [0.25, 0.3) is 0 Å². The SMILES string of the molecule is CN(CCc1ccc(F)cc1)C(=O)CCc1ccccc1C(=O)O. The average Bonchev–Trinajstić information content (AvgIpc) is 2.59. The Balaban J connectivity index is 1.86. The van der Waals surface area contributed by atoms with Crippen LogP contribution >= 0.6 is 0 Å². The molecule has 0 fully saturated rings. The first-order valence-electron chi connectivity index (χ1n) is 7.77. The van der Waals surface area contributed by atoms with Gasteiger partial charge in [0.1, 0.15) is 5.82 Å². The minimum absolute atomic E-state index is 0.0442. The summed E-state index contributed by atoms with van der Waals surface area (Å²) in [5.41, 5.74) is 1.86. The van der Waals surface area contributed by atoms with Gasteiger partial charge in [-0.1, -0.05) is 30.3 Å². The van der Waals surface area contributed by atoms with Gasteiger partial charge in [0.2, 0.25) is 5.91 Å². The predicted octanol–water partition coefficient (Wildman–Crippen LogP) is 3.16. The molecule has 0 atom stereocenters. The van der Waals surface area contributed by atoms with Crippen LogP contribution < -0.4 is 0 Å². The maximum Gasteiger partial charge on any atom is 0.335 e. The summed E-state index contributed by atoms with van der Waals surface area (Å²) in [7, 11) is 1.72. The molecule has 0 aliphatic rings. The summed E-state index contributed by atoms with van der Waals surface area (Å²) in [6, 6.07) is 12.9. The molecular formula is C19H20FNO3. The number of hydrogen-bond acceptors (Lipinski definition) is 2. The van der Waals surface area contributed by atoms with Crippen LogP contribution in [-0.2, 0) is 17.6 Å². The van der Waals surface area contributed by atoms with Gasteiger partial charge in [-0.05, 0) is 42.2 Å². The van der Waals surface area contributed by atoms with E-state index in [1.54, 1.807) is 48.3 Å².